The average molecular weight is 467 g/mol. The number of hydrogen-bond donors (Lipinski definition) is 3. The summed E-state index contributed by atoms with van der Waals surface area (Å²) in [6.07, 6.45) is 8.28. The summed E-state index contributed by atoms with van der Waals surface area (Å²) in [4.78, 5) is 2.04. The number of rotatable bonds is 6. The van der Waals surface area contributed by atoms with Crippen LogP contribution in [0.3, 0.4) is 0 Å². The predicted octanol–water partition coefficient (Wildman–Crippen LogP) is 6.36. The molecule has 3 N–H and O–H groups in total. The minimum absolute atomic E-state index is 0. The fraction of sp³-hybridized carbons (Fsp3) is 0.200. The standard InChI is InChI=1S/C16H20N2O.C9H9NO.Cu/c1-4-12(13(5-2)11-17)10-16-18(3)14-8-6-7-9-15(14)19-16;10-9(11)7-6-8-4-2-1-3-5-8;/h6-11,17H,4-5H2,1-3H3;1-7H,(H2,10,11);/b13-12+,16-10+,17-11?;7-6+;. The van der Waals surface area contributed by atoms with Crippen LogP contribution in [0.2, 0.25) is 0 Å². The van der Waals surface area contributed by atoms with Crippen LogP contribution in [0.15, 0.2) is 83.8 Å². The average Bonchev–Trinajstić information content (AvgIpc) is 3.09. The number of fused-ring (bicyclic) bond motifs is 1. The Morgan fingerprint density at radius 2 is 1.61 bits per heavy atom. The van der Waals surface area contributed by atoms with Crippen molar-refractivity contribution >= 4 is 23.9 Å². The van der Waals surface area contributed by atoms with Gasteiger partial charge in [-0.2, -0.15) is 0 Å². The summed E-state index contributed by atoms with van der Waals surface area (Å²) in [7, 11) is 2.00. The molecule has 0 spiro atoms. The van der Waals surface area contributed by atoms with Gasteiger partial charge in [0.2, 0.25) is 11.8 Å². The molecule has 0 atom stereocenters. The second-order valence-corrected chi connectivity index (χ2v) is 6.64. The van der Waals surface area contributed by atoms with Gasteiger partial charge in [0.25, 0.3) is 0 Å². The van der Waals surface area contributed by atoms with E-state index >= 15 is 0 Å². The number of ether oxygens (including phenoxy) is 1. The fourth-order valence-electron chi connectivity index (χ4n) is 2.98. The van der Waals surface area contributed by atoms with Crippen LogP contribution in [0.1, 0.15) is 32.3 Å². The molecule has 6 heteroatoms. The Bertz CT molecular complexity index is 966. The summed E-state index contributed by atoms with van der Waals surface area (Å²) in [5.41, 5.74) is 4.28. The smallest absolute Gasteiger partial charge is 0.203 e. The summed E-state index contributed by atoms with van der Waals surface area (Å²) in [5, 5.41) is 22.7. The number of aliphatic hydroxyl groups excluding tert-OH is 1. The first-order valence-electron chi connectivity index (χ1n) is 9.95. The number of nitrogens with zero attached hydrogens (tertiary/aromatic N) is 1. The van der Waals surface area contributed by atoms with E-state index in [0.29, 0.717) is 0 Å². The third kappa shape index (κ3) is 7.59. The summed E-state index contributed by atoms with van der Waals surface area (Å²) >= 11 is 0. The molecule has 1 aliphatic rings. The van der Waals surface area contributed by atoms with Crippen molar-refractivity contribution in [2.45, 2.75) is 26.7 Å². The minimum atomic E-state index is -0.422. The number of hydrogen-bond acceptors (Lipinski definition) is 4. The van der Waals surface area contributed by atoms with Crippen molar-refractivity contribution in [1.82, 2.24) is 0 Å². The number of benzene rings is 2. The van der Waals surface area contributed by atoms with Crippen molar-refractivity contribution in [1.29, 1.82) is 10.8 Å². The van der Waals surface area contributed by atoms with E-state index in [-0.39, 0.29) is 17.1 Å². The Kier molecular flexibility index (Phi) is 11.1. The maximum absolute atomic E-state index is 8.51. The van der Waals surface area contributed by atoms with E-state index in [1.807, 2.05) is 72.6 Å². The van der Waals surface area contributed by atoms with Gasteiger partial charge in [-0.15, -0.1) is 0 Å². The maximum atomic E-state index is 8.51. The van der Waals surface area contributed by atoms with Crippen LogP contribution < -0.4 is 9.64 Å². The zero-order valence-electron chi connectivity index (χ0n) is 18.0. The molecule has 0 amide bonds. The molecule has 5 nitrogen and oxygen atoms in total. The third-order valence-electron chi connectivity index (χ3n) is 4.65. The number of allylic oxidation sites excluding steroid dienone is 3. The third-order valence-corrected chi connectivity index (χ3v) is 4.65. The van der Waals surface area contributed by atoms with Crippen molar-refractivity contribution in [2.24, 2.45) is 0 Å². The largest absolute Gasteiger partial charge is 0.494 e. The monoisotopic (exact) mass is 466 g/mol. The first-order valence-corrected chi connectivity index (χ1v) is 9.95. The first kappa shape index (κ1) is 26.0. The molecule has 0 aliphatic carbocycles. The maximum Gasteiger partial charge on any atom is 0.203 e. The number of anilines is 1. The zero-order chi connectivity index (χ0) is 21.9. The van der Waals surface area contributed by atoms with Gasteiger partial charge in [0.05, 0.1) is 5.69 Å². The number of para-hydroxylation sites is 2. The Morgan fingerprint density at radius 3 is 2.16 bits per heavy atom. The molecule has 1 aliphatic heterocycles. The normalized spacial score (nSPS) is 14.0. The molecule has 0 aromatic heterocycles. The fourth-order valence-corrected chi connectivity index (χ4v) is 2.98. The van der Waals surface area contributed by atoms with Gasteiger partial charge in [-0.05, 0) is 47.8 Å². The molecular weight excluding hydrogens is 438 g/mol. The molecule has 3 rings (SSSR count). The van der Waals surface area contributed by atoms with Crippen molar-refractivity contribution < 1.29 is 26.9 Å². The van der Waals surface area contributed by atoms with E-state index in [1.54, 1.807) is 6.08 Å². The summed E-state index contributed by atoms with van der Waals surface area (Å²) in [6, 6.07) is 17.5. The van der Waals surface area contributed by atoms with Gasteiger partial charge in [-0.3, -0.25) is 5.41 Å². The Balaban J connectivity index is 0.000000344. The van der Waals surface area contributed by atoms with Crippen LogP contribution in [0, 0.1) is 10.8 Å². The number of aliphatic hydroxyl groups is 1. The van der Waals surface area contributed by atoms with Gasteiger partial charge in [0.1, 0.15) is 0 Å². The molecule has 167 valence electrons. The Hall–Kier alpha value is -3.08. The van der Waals surface area contributed by atoms with Crippen LogP contribution in [-0.2, 0) is 17.1 Å². The van der Waals surface area contributed by atoms with E-state index in [9.17, 15) is 0 Å². The molecule has 1 heterocycles. The first-order chi connectivity index (χ1) is 14.5. The van der Waals surface area contributed by atoms with Crippen LogP contribution in [0.5, 0.6) is 5.75 Å². The Labute approximate surface area is 195 Å². The van der Waals surface area contributed by atoms with Crippen molar-refractivity contribution in [2.75, 3.05) is 11.9 Å². The van der Waals surface area contributed by atoms with Crippen molar-refractivity contribution in [3.8, 4) is 5.75 Å². The molecule has 0 saturated heterocycles. The quantitative estimate of drug-likeness (QED) is 0.263. The zero-order valence-corrected chi connectivity index (χ0v) is 19.0. The van der Waals surface area contributed by atoms with E-state index < -0.39 is 5.90 Å². The predicted molar refractivity (Wildman–Crippen MR) is 126 cm³/mol. The van der Waals surface area contributed by atoms with Crippen LogP contribution >= 0.6 is 0 Å². The number of nitrogens with one attached hydrogen (secondary N) is 2. The van der Waals surface area contributed by atoms with Crippen molar-refractivity contribution in [3.05, 3.63) is 89.3 Å². The van der Waals surface area contributed by atoms with Gasteiger partial charge < -0.3 is 20.2 Å². The molecule has 31 heavy (non-hydrogen) atoms. The summed E-state index contributed by atoms with van der Waals surface area (Å²) < 4.78 is 5.87. The molecular formula is C25H29CuN3O2. The van der Waals surface area contributed by atoms with Crippen LogP contribution in [0.25, 0.3) is 6.08 Å². The molecule has 1 radical (unpaired) electrons. The van der Waals surface area contributed by atoms with Gasteiger partial charge in [0.15, 0.2) is 5.75 Å². The van der Waals surface area contributed by atoms with Gasteiger partial charge in [-0.25, -0.2) is 0 Å². The van der Waals surface area contributed by atoms with E-state index in [4.69, 9.17) is 20.7 Å². The van der Waals surface area contributed by atoms with E-state index in [0.717, 1.165) is 46.9 Å². The van der Waals surface area contributed by atoms with Crippen LogP contribution in [0.4, 0.5) is 5.69 Å². The van der Waals surface area contributed by atoms with Gasteiger partial charge in [0, 0.05) is 42.5 Å². The summed E-state index contributed by atoms with van der Waals surface area (Å²) in [6.45, 7) is 4.18. The SMILES string of the molecule is CC/C(C=N)=C(\C=C1\Oc2ccccc2N1C)CC.N=C(O)/C=C/c1ccccc1.[Cu]. The second kappa shape index (κ2) is 13.3. The molecule has 0 fully saturated rings. The molecule has 2 aromatic carbocycles. The molecule has 2 aromatic rings. The van der Waals surface area contributed by atoms with Crippen molar-refractivity contribution in [3.63, 3.8) is 0 Å². The second-order valence-electron chi connectivity index (χ2n) is 6.64. The summed E-state index contributed by atoms with van der Waals surface area (Å²) in [5.74, 6) is 1.29. The molecule has 0 saturated carbocycles. The van der Waals surface area contributed by atoms with E-state index in [2.05, 4.69) is 13.8 Å². The molecule has 0 bridgehead atoms. The van der Waals surface area contributed by atoms with Crippen LogP contribution in [-0.4, -0.2) is 24.3 Å². The Morgan fingerprint density at radius 1 is 1.00 bits per heavy atom. The van der Waals surface area contributed by atoms with Gasteiger partial charge >= 0.3 is 0 Å². The van der Waals surface area contributed by atoms with Gasteiger partial charge in [-0.1, -0.05) is 56.3 Å². The van der Waals surface area contributed by atoms with E-state index in [1.165, 1.54) is 12.3 Å². The minimum Gasteiger partial charge on any atom is -0.494 e. The topological polar surface area (TPSA) is 80.4 Å². The molecule has 0 unspecified atom stereocenters.